The fraction of sp³-hybridized carbons (Fsp3) is 0.207. The number of ether oxygens (including phenoxy) is 2. The highest BCUT2D eigenvalue weighted by Gasteiger charge is 2.56. The largest absolute Gasteiger partial charge is 0.494 e. The average molecular weight is 544 g/mol. The van der Waals surface area contributed by atoms with Crippen LogP contribution in [0.5, 0.6) is 17.2 Å². The molecule has 0 radical (unpaired) electrons. The van der Waals surface area contributed by atoms with Gasteiger partial charge in [0.2, 0.25) is 11.8 Å². The number of rotatable bonds is 8. The van der Waals surface area contributed by atoms with Gasteiger partial charge in [0.15, 0.2) is 17.2 Å². The first-order chi connectivity index (χ1) is 19.2. The van der Waals surface area contributed by atoms with Gasteiger partial charge in [0.05, 0.1) is 12.6 Å². The molecule has 11 heteroatoms. The molecular weight excluding hydrogens is 517 g/mol. The summed E-state index contributed by atoms with van der Waals surface area (Å²) in [6.45, 7) is 0. The molecule has 1 aliphatic rings. The van der Waals surface area contributed by atoms with E-state index in [2.05, 4.69) is 20.6 Å². The van der Waals surface area contributed by atoms with Gasteiger partial charge >= 0.3 is 0 Å². The lowest BCUT2D eigenvalue weighted by Crippen LogP contribution is -2.35. The highest BCUT2D eigenvalue weighted by atomic mass is 19.1. The predicted octanol–water partition coefficient (Wildman–Crippen LogP) is 4.63. The first kappa shape index (κ1) is 26.5. The number of amides is 3. The Labute approximate surface area is 229 Å². The molecule has 2 N–H and O–H groups in total. The second kappa shape index (κ2) is 10.6. The number of fused-ring (bicyclic) bond motifs is 1. The highest BCUT2D eigenvalue weighted by Crippen LogP contribution is 2.47. The Balaban J connectivity index is 1.30. The van der Waals surface area contributed by atoms with Crippen LogP contribution >= 0.6 is 0 Å². The van der Waals surface area contributed by atoms with Crippen LogP contribution in [0.25, 0.3) is 11.0 Å². The summed E-state index contributed by atoms with van der Waals surface area (Å²) in [6.07, 6.45) is 2.39. The molecule has 10 nitrogen and oxygen atoms in total. The number of nitrogens with one attached hydrogen (secondary N) is 2. The van der Waals surface area contributed by atoms with Gasteiger partial charge in [0.1, 0.15) is 22.5 Å². The smallest absolute Gasteiger partial charge is 0.275 e. The van der Waals surface area contributed by atoms with Crippen LogP contribution in [0.1, 0.15) is 23.3 Å². The Morgan fingerprint density at radius 1 is 0.900 bits per heavy atom. The minimum atomic E-state index is -1.17. The molecule has 5 rings (SSSR count). The number of hydrogen-bond acceptors (Lipinski definition) is 7. The van der Waals surface area contributed by atoms with E-state index in [1.165, 1.54) is 36.3 Å². The third kappa shape index (κ3) is 5.26. The molecule has 3 amide bonds. The van der Waals surface area contributed by atoms with Crippen molar-refractivity contribution in [3.63, 3.8) is 0 Å². The van der Waals surface area contributed by atoms with E-state index >= 15 is 0 Å². The summed E-state index contributed by atoms with van der Waals surface area (Å²) >= 11 is 0. The summed E-state index contributed by atoms with van der Waals surface area (Å²) in [4.78, 5) is 48.6. The van der Waals surface area contributed by atoms with Crippen molar-refractivity contribution in [2.75, 3.05) is 31.8 Å². The normalized spacial score (nSPS) is 13.3. The number of halogens is 1. The monoisotopic (exact) mass is 543 g/mol. The Bertz CT molecular complexity index is 1600. The van der Waals surface area contributed by atoms with Crippen molar-refractivity contribution in [1.29, 1.82) is 0 Å². The van der Waals surface area contributed by atoms with Gasteiger partial charge in [-0.2, -0.15) is 0 Å². The minimum Gasteiger partial charge on any atom is -0.494 e. The Hall–Kier alpha value is -5.06. The first-order valence-electron chi connectivity index (χ1n) is 12.4. The Morgan fingerprint density at radius 2 is 1.50 bits per heavy atom. The number of benzene rings is 2. The summed E-state index contributed by atoms with van der Waals surface area (Å²) in [7, 11) is 4.70. The van der Waals surface area contributed by atoms with Gasteiger partial charge in [-0.1, -0.05) is 0 Å². The highest BCUT2D eigenvalue weighted by molar-refractivity contribution is 6.16. The molecule has 1 saturated carbocycles. The molecule has 0 saturated heterocycles. The topological polar surface area (TPSA) is 123 Å². The number of carbonyl (C=O) groups is 3. The lowest BCUT2D eigenvalue weighted by Gasteiger charge is -2.16. The van der Waals surface area contributed by atoms with Gasteiger partial charge < -0.3 is 25.0 Å². The minimum absolute atomic E-state index is 0.133. The summed E-state index contributed by atoms with van der Waals surface area (Å²) in [5, 5.41) is 5.48. The lowest BCUT2D eigenvalue weighted by molar-refractivity contribution is -0.131. The molecule has 0 bridgehead atoms. The summed E-state index contributed by atoms with van der Waals surface area (Å²) in [5.41, 5.74) is 0.735. The van der Waals surface area contributed by atoms with Crippen LogP contribution < -0.4 is 20.1 Å². The van der Waals surface area contributed by atoms with Gasteiger partial charge in [-0.25, -0.2) is 9.37 Å². The number of carbonyl (C=O) groups excluding carboxylic acids is 3. The zero-order valence-corrected chi connectivity index (χ0v) is 22.0. The standard InChI is InChI=1S/C29H26FN5O5/c1-35(2)26(36)25-23(39-3)16-21-24(34-25)22(12-15-31-21)40-20-10-8-19(9-11-20)33-28(38)29(13-14-29)27(37)32-18-6-4-17(30)5-7-18/h4-12,15-16H,13-14H2,1-3H3,(H,32,37)(H,33,38). The maximum Gasteiger partial charge on any atom is 0.275 e. The molecule has 0 spiro atoms. The molecule has 1 fully saturated rings. The van der Waals surface area contributed by atoms with E-state index < -0.39 is 23.0 Å². The van der Waals surface area contributed by atoms with Crippen LogP contribution in [0.15, 0.2) is 66.9 Å². The average Bonchev–Trinajstić information content (AvgIpc) is 3.77. The van der Waals surface area contributed by atoms with E-state index in [-0.39, 0.29) is 11.6 Å². The quantitative estimate of drug-likeness (QED) is 0.311. The molecule has 40 heavy (non-hydrogen) atoms. The SMILES string of the molecule is COc1cc2nccc(Oc3ccc(NC(=O)C4(C(=O)Nc5ccc(F)cc5)CC4)cc3)c2nc1C(=O)N(C)C. The molecule has 2 aromatic heterocycles. The zero-order valence-electron chi connectivity index (χ0n) is 22.0. The Kier molecular flexibility index (Phi) is 7.03. The van der Waals surface area contributed by atoms with Gasteiger partial charge in [-0.05, 0) is 61.4 Å². The first-order valence-corrected chi connectivity index (χ1v) is 12.4. The van der Waals surface area contributed by atoms with E-state index in [1.807, 2.05) is 0 Å². The molecule has 1 aliphatic carbocycles. The lowest BCUT2D eigenvalue weighted by atomic mass is 10.0. The number of hydrogen-bond donors (Lipinski definition) is 2. The van der Waals surface area contributed by atoms with E-state index in [9.17, 15) is 18.8 Å². The van der Waals surface area contributed by atoms with E-state index in [0.29, 0.717) is 52.5 Å². The molecule has 2 aromatic carbocycles. The van der Waals surface area contributed by atoms with Crippen LogP contribution in [0, 0.1) is 11.2 Å². The van der Waals surface area contributed by atoms with E-state index in [1.54, 1.807) is 56.7 Å². The fourth-order valence-corrected chi connectivity index (χ4v) is 4.08. The van der Waals surface area contributed by atoms with Gasteiger partial charge in [0, 0.05) is 43.8 Å². The third-order valence-corrected chi connectivity index (χ3v) is 6.53. The molecule has 0 unspecified atom stereocenters. The third-order valence-electron chi connectivity index (χ3n) is 6.53. The maximum absolute atomic E-state index is 13.1. The molecule has 0 aliphatic heterocycles. The number of nitrogens with zero attached hydrogens (tertiary/aromatic N) is 3. The molecular formula is C29H26FN5O5. The van der Waals surface area contributed by atoms with Crippen molar-refractivity contribution in [1.82, 2.24) is 14.9 Å². The van der Waals surface area contributed by atoms with Crippen LogP contribution in [-0.2, 0) is 9.59 Å². The van der Waals surface area contributed by atoms with Crippen molar-refractivity contribution in [3.05, 3.63) is 78.4 Å². The summed E-state index contributed by atoms with van der Waals surface area (Å²) < 4.78 is 24.5. The van der Waals surface area contributed by atoms with Crippen molar-refractivity contribution < 1.29 is 28.2 Å². The van der Waals surface area contributed by atoms with E-state index in [0.717, 1.165) is 0 Å². The number of anilines is 2. The van der Waals surface area contributed by atoms with Crippen molar-refractivity contribution in [3.8, 4) is 17.2 Å². The van der Waals surface area contributed by atoms with Crippen LogP contribution in [0.3, 0.4) is 0 Å². The number of pyridine rings is 2. The van der Waals surface area contributed by atoms with Crippen molar-refractivity contribution in [2.24, 2.45) is 5.41 Å². The second-order valence-electron chi connectivity index (χ2n) is 9.54. The fourth-order valence-electron chi connectivity index (χ4n) is 4.08. The van der Waals surface area contributed by atoms with E-state index in [4.69, 9.17) is 9.47 Å². The maximum atomic E-state index is 13.1. The van der Waals surface area contributed by atoms with Crippen molar-refractivity contribution in [2.45, 2.75) is 12.8 Å². The molecule has 2 heterocycles. The molecule has 0 atom stereocenters. The van der Waals surface area contributed by atoms with Crippen LogP contribution in [-0.4, -0.2) is 53.8 Å². The molecule has 204 valence electrons. The predicted molar refractivity (Wildman–Crippen MR) is 146 cm³/mol. The van der Waals surface area contributed by atoms with Crippen molar-refractivity contribution >= 4 is 40.1 Å². The number of methoxy groups -OCH3 is 1. The molecule has 4 aromatic rings. The summed E-state index contributed by atoms with van der Waals surface area (Å²) in [6, 6.07) is 15.3. The Morgan fingerprint density at radius 3 is 2.05 bits per heavy atom. The second-order valence-corrected chi connectivity index (χ2v) is 9.54. The number of aromatic nitrogens is 2. The zero-order chi connectivity index (χ0) is 28.4. The van der Waals surface area contributed by atoms with Gasteiger partial charge in [-0.3, -0.25) is 19.4 Å². The van der Waals surface area contributed by atoms with Gasteiger partial charge in [-0.15, -0.1) is 0 Å². The van der Waals surface area contributed by atoms with Crippen LogP contribution in [0.2, 0.25) is 0 Å². The van der Waals surface area contributed by atoms with Crippen LogP contribution in [0.4, 0.5) is 15.8 Å². The summed E-state index contributed by atoms with van der Waals surface area (Å²) in [5.74, 6) is -0.453. The van der Waals surface area contributed by atoms with Gasteiger partial charge in [0.25, 0.3) is 5.91 Å².